The van der Waals surface area contributed by atoms with Gasteiger partial charge in [-0.1, -0.05) is 0 Å². The fourth-order valence-corrected chi connectivity index (χ4v) is 1.85. The van der Waals surface area contributed by atoms with Crippen molar-refractivity contribution in [2.75, 3.05) is 11.5 Å². The first kappa shape index (κ1) is 7.25. The summed E-state index contributed by atoms with van der Waals surface area (Å²) in [5.41, 5.74) is 13.8. The zero-order valence-electron chi connectivity index (χ0n) is 7.22. The summed E-state index contributed by atoms with van der Waals surface area (Å²) in [5, 5.41) is 0. The largest absolute Gasteiger partial charge is 0.385 e. The van der Waals surface area contributed by atoms with Crippen LogP contribution in [0.15, 0.2) is 12.1 Å². The molecule has 1 aliphatic carbocycles. The highest BCUT2D eigenvalue weighted by Crippen LogP contribution is 2.37. The minimum Gasteiger partial charge on any atom is -0.385 e. The lowest BCUT2D eigenvalue weighted by Crippen LogP contribution is -1.93. The summed E-state index contributed by atoms with van der Waals surface area (Å²) in [6.45, 7) is 0. The van der Waals surface area contributed by atoms with Gasteiger partial charge in [-0.05, 0) is 12.1 Å². The lowest BCUT2D eigenvalue weighted by molar-refractivity contribution is 0.104. The predicted molar refractivity (Wildman–Crippen MR) is 52.8 cm³/mol. The SMILES string of the molecule is Nc1cc2c([nH]1)-c1[nH]c(N)cc1C2=O. The van der Waals surface area contributed by atoms with Gasteiger partial charge in [-0.15, -0.1) is 0 Å². The minimum atomic E-state index is -0.0316. The maximum absolute atomic E-state index is 11.8. The molecule has 0 saturated carbocycles. The molecular formula is C9H8N4O. The molecule has 70 valence electrons. The molecule has 6 N–H and O–H groups in total. The van der Waals surface area contributed by atoms with Gasteiger partial charge in [0.1, 0.15) is 11.6 Å². The van der Waals surface area contributed by atoms with Crippen LogP contribution in [-0.2, 0) is 0 Å². The molecule has 14 heavy (non-hydrogen) atoms. The number of aromatic amines is 2. The first-order chi connectivity index (χ1) is 6.66. The molecule has 0 amide bonds. The number of hydrogen-bond acceptors (Lipinski definition) is 3. The molecule has 2 heterocycles. The standard InChI is InChI=1S/C9H8N4O/c10-5-1-3-7(12-5)8-4(9(3)14)2-6(11)13-8/h1-2,12-13H,10-11H2. The summed E-state index contributed by atoms with van der Waals surface area (Å²) in [4.78, 5) is 17.6. The van der Waals surface area contributed by atoms with Crippen molar-refractivity contribution in [2.24, 2.45) is 0 Å². The van der Waals surface area contributed by atoms with Gasteiger partial charge in [0, 0.05) is 0 Å². The maximum Gasteiger partial charge on any atom is 0.197 e. The molecule has 0 aromatic carbocycles. The topological polar surface area (TPSA) is 101 Å². The van der Waals surface area contributed by atoms with E-state index in [1.807, 2.05) is 0 Å². The second-order valence-corrected chi connectivity index (χ2v) is 3.36. The Hall–Kier alpha value is -2.17. The van der Waals surface area contributed by atoms with Gasteiger partial charge in [-0.3, -0.25) is 4.79 Å². The molecule has 1 aliphatic rings. The van der Waals surface area contributed by atoms with Crippen LogP contribution in [0.25, 0.3) is 11.4 Å². The van der Waals surface area contributed by atoms with Gasteiger partial charge in [-0.25, -0.2) is 0 Å². The van der Waals surface area contributed by atoms with Crippen molar-refractivity contribution in [1.82, 2.24) is 9.97 Å². The number of nitrogens with two attached hydrogens (primary N) is 2. The number of anilines is 2. The number of ketones is 1. The summed E-state index contributed by atoms with van der Waals surface area (Å²) in [6, 6.07) is 3.28. The van der Waals surface area contributed by atoms with Crippen LogP contribution in [0.1, 0.15) is 15.9 Å². The predicted octanol–water partition coefficient (Wildman–Crippen LogP) is 0.719. The first-order valence-electron chi connectivity index (χ1n) is 4.19. The molecule has 5 heteroatoms. The van der Waals surface area contributed by atoms with Crippen molar-refractivity contribution in [3.63, 3.8) is 0 Å². The number of hydrogen-bond donors (Lipinski definition) is 4. The van der Waals surface area contributed by atoms with Crippen LogP contribution in [0.3, 0.4) is 0 Å². The summed E-state index contributed by atoms with van der Waals surface area (Å²) in [6.07, 6.45) is 0. The molecule has 0 fully saturated rings. The van der Waals surface area contributed by atoms with E-state index >= 15 is 0 Å². The van der Waals surface area contributed by atoms with Crippen molar-refractivity contribution in [2.45, 2.75) is 0 Å². The zero-order valence-corrected chi connectivity index (χ0v) is 7.22. The maximum atomic E-state index is 11.8. The van der Waals surface area contributed by atoms with E-state index in [9.17, 15) is 4.79 Å². The fourth-order valence-electron chi connectivity index (χ4n) is 1.85. The van der Waals surface area contributed by atoms with E-state index in [0.29, 0.717) is 22.8 Å². The zero-order chi connectivity index (χ0) is 9.87. The summed E-state index contributed by atoms with van der Waals surface area (Å²) < 4.78 is 0. The van der Waals surface area contributed by atoms with E-state index in [4.69, 9.17) is 11.5 Å². The lowest BCUT2D eigenvalue weighted by Gasteiger charge is -1.90. The van der Waals surface area contributed by atoms with Crippen LogP contribution in [0.4, 0.5) is 11.6 Å². The normalized spacial score (nSPS) is 13.0. The highest BCUT2D eigenvalue weighted by molar-refractivity contribution is 6.21. The molecule has 0 aliphatic heterocycles. The number of fused-ring (bicyclic) bond motifs is 3. The van der Waals surface area contributed by atoms with Crippen molar-refractivity contribution in [3.05, 3.63) is 23.3 Å². The second kappa shape index (κ2) is 2.01. The third kappa shape index (κ3) is 0.670. The summed E-state index contributed by atoms with van der Waals surface area (Å²) in [7, 11) is 0. The van der Waals surface area contributed by atoms with Crippen LogP contribution < -0.4 is 11.5 Å². The van der Waals surface area contributed by atoms with Gasteiger partial charge in [-0.2, -0.15) is 0 Å². The highest BCUT2D eigenvalue weighted by atomic mass is 16.1. The fraction of sp³-hybridized carbons (Fsp3) is 0. The van der Waals surface area contributed by atoms with Crippen molar-refractivity contribution in [3.8, 4) is 11.4 Å². The number of carbonyl (C=O) groups excluding carboxylic acids is 1. The Morgan fingerprint density at radius 2 is 1.36 bits per heavy atom. The Kier molecular flexibility index (Phi) is 1.04. The number of aromatic nitrogens is 2. The first-order valence-corrected chi connectivity index (χ1v) is 4.19. The van der Waals surface area contributed by atoms with Crippen molar-refractivity contribution < 1.29 is 4.79 Å². The van der Waals surface area contributed by atoms with Crippen LogP contribution in [0, 0.1) is 0 Å². The summed E-state index contributed by atoms with van der Waals surface area (Å²) >= 11 is 0. The van der Waals surface area contributed by atoms with Crippen LogP contribution in [-0.4, -0.2) is 15.8 Å². The van der Waals surface area contributed by atoms with Crippen molar-refractivity contribution in [1.29, 1.82) is 0 Å². The Bertz CT molecular complexity index is 501. The van der Waals surface area contributed by atoms with Crippen LogP contribution >= 0.6 is 0 Å². The Morgan fingerprint density at radius 3 is 1.79 bits per heavy atom. The lowest BCUT2D eigenvalue weighted by atomic mass is 10.2. The molecule has 5 nitrogen and oxygen atoms in total. The van der Waals surface area contributed by atoms with Crippen LogP contribution in [0.2, 0.25) is 0 Å². The average Bonchev–Trinajstić information content (AvgIpc) is 2.71. The van der Waals surface area contributed by atoms with Gasteiger partial charge < -0.3 is 21.4 Å². The Balaban J connectivity index is 2.37. The van der Waals surface area contributed by atoms with E-state index in [0.717, 1.165) is 11.4 Å². The molecule has 0 spiro atoms. The number of nitrogens with one attached hydrogen (secondary N) is 2. The number of rotatable bonds is 0. The van der Waals surface area contributed by atoms with Gasteiger partial charge in [0.25, 0.3) is 0 Å². The Morgan fingerprint density at radius 1 is 0.929 bits per heavy atom. The average molecular weight is 188 g/mol. The van der Waals surface area contributed by atoms with Crippen LogP contribution in [0.5, 0.6) is 0 Å². The molecule has 0 atom stereocenters. The molecule has 0 saturated heterocycles. The molecule has 0 bridgehead atoms. The van der Waals surface area contributed by atoms with Gasteiger partial charge >= 0.3 is 0 Å². The number of nitrogen functional groups attached to an aromatic ring is 2. The quantitative estimate of drug-likeness (QED) is 0.418. The molecule has 0 unspecified atom stereocenters. The second-order valence-electron chi connectivity index (χ2n) is 3.36. The Labute approximate surface area is 79.1 Å². The van der Waals surface area contributed by atoms with Gasteiger partial charge in [0.15, 0.2) is 5.78 Å². The van der Waals surface area contributed by atoms with Crippen molar-refractivity contribution >= 4 is 17.4 Å². The third-order valence-electron chi connectivity index (χ3n) is 2.42. The molecule has 3 rings (SSSR count). The van der Waals surface area contributed by atoms with E-state index < -0.39 is 0 Å². The molecule has 0 radical (unpaired) electrons. The van der Waals surface area contributed by atoms with Gasteiger partial charge in [0.2, 0.25) is 0 Å². The molecule has 2 aromatic rings. The van der Waals surface area contributed by atoms with E-state index in [1.54, 1.807) is 12.1 Å². The smallest absolute Gasteiger partial charge is 0.197 e. The van der Waals surface area contributed by atoms with E-state index in [-0.39, 0.29) is 5.78 Å². The summed E-state index contributed by atoms with van der Waals surface area (Å²) in [5.74, 6) is 0.945. The third-order valence-corrected chi connectivity index (χ3v) is 2.42. The van der Waals surface area contributed by atoms with E-state index in [1.165, 1.54) is 0 Å². The van der Waals surface area contributed by atoms with Gasteiger partial charge in [0.05, 0.1) is 22.5 Å². The monoisotopic (exact) mass is 188 g/mol. The number of H-pyrrole nitrogens is 2. The highest BCUT2D eigenvalue weighted by Gasteiger charge is 2.30. The molecular weight excluding hydrogens is 180 g/mol. The minimum absolute atomic E-state index is 0.0316. The molecule has 2 aromatic heterocycles. The number of carbonyl (C=O) groups is 1. The van der Waals surface area contributed by atoms with E-state index in [2.05, 4.69) is 9.97 Å².